The monoisotopic (exact) mass is 304 g/mol. The molecule has 0 aromatic heterocycles. The second kappa shape index (κ2) is 7.61. The first-order valence-corrected chi connectivity index (χ1v) is 7.71. The van der Waals surface area contributed by atoms with E-state index in [4.69, 9.17) is 9.47 Å². The van der Waals surface area contributed by atoms with Crippen LogP contribution in [0.5, 0.6) is 5.75 Å². The normalized spacial score (nSPS) is 11.9. The SMILES string of the molecule is COc1ccc(C(OCc2ccccc2)c2ccccc2)cc1. The molecule has 0 aliphatic rings. The number of ether oxygens (including phenoxy) is 2. The van der Waals surface area contributed by atoms with E-state index >= 15 is 0 Å². The second-order valence-corrected chi connectivity index (χ2v) is 5.36. The molecule has 3 aromatic carbocycles. The summed E-state index contributed by atoms with van der Waals surface area (Å²) in [5.41, 5.74) is 3.43. The summed E-state index contributed by atoms with van der Waals surface area (Å²) in [5.74, 6) is 0.851. The molecule has 23 heavy (non-hydrogen) atoms. The summed E-state index contributed by atoms with van der Waals surface area (Å²) in [6.45, 7) is 0.576. The molecule has 2 nitrogen and oxygen atoms in total. The number of methoxy groups -OCH3 is 1. The molecule has 0 radical (unpaired) electrons. The average Bonchev–Trinajstić information content (AvgIpc) is 2.64. The van der Waals surface area contributed by atoms with Crippen molar-refractivity contribution in [3.8, 4) is 5.75 Å². The van der Waals surface area contributed by atoms with Crippen LogP contribution < -0.4 is 4.74 Å². The zero-order valence-corrected chi connectivity index (χ0v) is 13.2. The quantitative estimate of drug-likeness (QED) is 0.638. The largest absolute Gasteiger partial charge is 0.497 e. The molecular weight excluding hydrogens is 284 g/mol. The predicted molar refractivity (Wildman–Crippen MR) is 92.5 cm³/mol. The van der Waals surface area contributed by atoms with Crippen molar-refractivity contribution in [3.05, 3.63) is 102 Å². The lowest BCUT2D eigenvalue weighted by atomic mass is 10.0. The molecule has 2 heteroatoms. The van der Waals surface area contributed by atoms with Gasteiger partial charge in [0.1, 0.15) is 11.9 Å². The number of hydrogen-bond donors (Lipinski definition) is 0. The summed E-state index contributed by atoms with van der Waals surface area (Å²) in [6, 6.07) is 28.6. The Kier molecular flexibility index (Phi) is 5.07. The third-order valence-electron chi connectivity index (χ3n) is 3.78. The Labute approximate surface area is 137 Å². The third kappa shape index (κ3) is 3.99. The molecule has 0 fully saturated rings. The van der Waals surface area contributed by atoms with E-state index in [-0.39, 0.29) is 6.10 Å². The maximum atomic E-state index is 6.23. The summed E-state index contributed by atoms with van der Waals surface area (Å²) in [4.78, 5) is 0. The van der Waals surface area contributed by atoms with Gasteiger partial charge in [0.15, 0.2) is 0 Å². The number of rotatable bonds is 6. The van der Waals surface area contributed by atoms with Crippen LogP contribution in [0.4, 0.5) is 0 Å². The van der Waals surface area contributed by atoms with Gasteiger partial charge >= 0.3 is 0 Å². The highest BCUT2D eigenvalue weighted by Crippen LogP contribution is 2.28. The van der Waals surface area contributed by atoms with E-state index in [1.807, 2.05) is 48.5 Å². The van der Waals surface area contributed by atoms with Gasteiger partial charge in [0.25, 0.3) is 0 Å². The highest BCUT2D eigenvalue weighted by Gasteiger charge is 2.14. The lowest BCUT2D eigenvalue weighted by Gasteiger charge is -2.19. The van der Waals surface area contributed by atoms with Crippen LogP contribution in [0.3, 0.4) is 0 Å². The van der Waals surface area contributed by atoms with Crippen LogP contribution in [0, 0.1) is 0 Å². The minimum atomic E-state index is -0.0951. The lowest BCUT2D eigenvalue weighted by Crippen LogP contribution is -2.06. The minimum absolute atomic E-state index is 0.0951. The fourth-order valence-electron chi connectivity index (χ4n) is 2.55. The Morgan fingerprint density at radius 2 is 1.26 bits per heavy atom. The fourth-order valence-corrected chi connectivity index (χ4v) is 2.55. The molecule has 0 saturated carbocycles. The summed E-state index contributed by atoms with van der Waals surface area (Å²) in [7, 11) is 1.68. The number of hydrogen-bond acceptors (Lipinski definition) is 2. The van der Waals surface area contributed by atoms with Gasteiger partial charge in [-0.3, -0.25) is 0 Å². The van der Waals surface area contributed by atoms with Gasteiger partial charge in [0.2, 0.25) is 0 Å². The highest BCUT2D eigenvalue weighted by molar-refractivity contribution is 5.34. The van der Waals surface area contributed by atoms with Gasteiger partial charge in [-0.05, 0) is 28.8 Å². The third-order valence-corrected chi connectivity index (χ3v) is 3.78. The molecular formula is C21H20O2. The van der Waals surface area contributed by atoms with Crippen molar-refractivity contribution in [3.63, 3.8) is 0 Å². The topological polar surface area (TPSA) is 18.5 Å². The van der Waals surface area contributed by atoms with Crippen molar-refractivity contribution in [2.24, 2.45) is 0 Å². The van der Waals surface area contributed by atoms with Crippen molar-refractivity contribution >= 4 is 0 Å². The molecule has 1 atom stereocenters. The van der Waals surface area contributed by atoms with Crippen LogP contribution in [-0.2, 0) is 11.3 Å². The van der Waals surface area contributed by atoms with Gasteiger partial charge in [-0.25, -0.2) is 0 Å². The Balaban J connectivity index is 1.84. The predicted octanol–water partition coefficient (Wildman–Crippen LogP) is 5.00. The Morgan fingerprint density at radius 1 is 0.696 bits per heavy atom. The van der Waals surface area contributed by atoms with Crippen LogP contribution in [0.2, 0.25) is 0 Å². The van der Waals surface area contributed by atoms with Crippen LogP contribution in [-0.4, -0.2) is 7.11 Å². The molecule has 0 N–H and O–H groups in total. The van der Waals surface area contributed by atoms with E-state index in [1.165, 1.54) is 5.56 Å². The van der Waals surface area contributed by atoms with Gasteiger partial charge in [0.05, 0.1) is 13.7 Å². The van der Waals surface area contributed by atoms with Crippen molar-refractivity contribution < 1.29 is 9.47 Å². The van der Waals surface area contributed by atoms with Crippen LogP contribution >= 0.6 is 0 Å². The molecule has 3 aromatic rings. The van der Waals surface area contributed by atoms with Gasteiger partial charge in [-0.1, -0.05) is 72.8 Å². The molecule has 0 spiro atoms. The Hall–Kier alpha value is -2.58. The molecule has 3 rings (SSSR count). The van der Waals surface area contributed by atoms with Crippen LogP contribution in [0.25, 0.3) is 0 Å². The van der Waals surface area contributed by atoms with Crippen LogP contribution in [0.15, 0.2) is 84.9 Å². The molecule has 0 bridgehead atoms. The van der Waals surface area contributed by atoms with E-state index < -0.39 is 0 Å². The molecule has 0 aliphatic carbocycles. The summed E-state index contributed by atoms with van der Waals surface area (Å²) < 4.78 is 11.5. The van der Waals surface area contributed by atoms with Crippen molar-refractivity contribution in [1.29, 1.82) is 0 Å². The first-order chi connectivity index (χ1) is 11.4. The number of benzene rings is 3. The maximum Gasteiger partial charge on any atom is 0.118 e. The van der Waals surface area contributed by atoms with E-state index in [0.29, 0.717) is 6.61 Å². The van der Waals surface area contributed by atoms with Crippen molar-refractivity contribution in [2.75, 3.05) is 7.11 Å². The zero-order chi connectivity index (χ0) is 15.9. The first kappa shape index (κ1) is 15.3. The molecule has 116 valence electrons. The first-order valence-electron chi connectivity index (χ1n) is 7.71. The molecule has 1 unspecified atom stereocenters. The van der Waals surface area contributed by atoms with Gasteiger partial charge in [0, 0.05) is 0 Å². The summed E-state index contributed by atoms with van der Waals surface area (Å²) in [6.07, 6.45) is -0.0951. The van der Waals surface area contributed by atoms with Crippen molar-refractivity contribution in [1.82, 2.24) is 0 Å². The Bertz CT molecular complexity index is 706. The maximum absolute atomic E-state index is 6.23. The second-order valence-electron chi connectivity index (χ2n) is 5.36. The van der Waals surface area contributed by atoms with Crippen molar-refractivity contribution in [2.45, 2.75) is 12.7 Å². The van der Waals surface area contributed by atoms with Crippen LogP contribution in [0.1, 0.15) is 22.8 Å². The minimum Gasteiger partial charge on any atom is -0.497 e. The highest BCUT2D eigenvalue weighted by atomic mass is 16.5. The average molecular weight is 304 g/mol. The summed E-state index contributed by atoms with van der Waals surface area (Å²) >= 11 is 0. The summed E-state index contributed by atoms with van der Waals surface area (Å²) in [5, 5.41) is 0. The van der Waals surface area contributed by atoms with Gasteiger partial charge in [-0.2, -0.15) is 0 Å². The van der Waals surface area contributed by atoms with Gasteiger partial charge < -0.3 is 9.47 Å². The Morgan fingerprint density at radius 3 is 1.87 bits per heavy atom. The fraction of sp³-hybridized carbons (Fsp3) is 0.143. The molecule has 0 saturated heterocycles. The standard InChI is InChI=1S/C21H20O2/c1-22-20-14-12-19(13-15-20)21(18-10-6-3-7-11-18)23-16-17-8-4-2-5-9-17/h2-15,21H,16H2,1H3. The smallest absolute Gasteiger partial charge is 0.118 e. The van der Waals surface area contributed by atoms with E-state index in [9.17, 15) is 0 Å². The molecule has 0 aliphatic heterocycles. The van der Waals surface area contributed by atoms with E-state index in [1.54, 1.807) is 7.11 Å². The lowest BCUT2D eigenvalue weighted by molar-refractivity contribution is 0.0667. The molecule has 0 amide bonds. The molecule has 0 heterocycles. The van der Waals surface area contributed by atoms with E-state index in [0.717, 1.165) is 16.9 Å². The van der Waals surface area contributed by atoms with E-state index in [2.05, 4.69) is 36.4 Å². The zero-order valence-electron chi connectivity index (χ0n) is 13.2. The van der Waals surface area contributed by atoms with Gasteiger partial charge in [-0.15, -0.1) is 0 Å².